The fourth-order valence-electron chi connectivity index (χ4n) is 2.89. The van der Waals surface area contributed by atoms with E-state index in [2.05, 4.69) is 20.2 Å². The zero-order valence-corrected chi connectivity index (χ0v) is 18.7. The molecule has 0 radical (unpaired) electrons. The molecule has 0 aliphatic heterocycles. The van der Waals surface area contributed by atoms with E-state index >= 15 is 0 Å². The molecule has 0 fully saturated rings. The number of hydrogen-bond acceptors (Lipinski definition) is 7. The van der Waals surface area contributed by atoms with Gasteiger partial charge in [0.15, 0.2) is 5.13 Å². The van der Waals surface area contributed by atoms with Crippen molar-refractivity contribution in [3.05, 3.63) is 76.2 Å². The van der Waals surface area contributed by atoms with Crippen molar-refractivity contribution in [3.8, 4) is 11.3 Å². The van der Waals surface area contributed by atoms with Gasteiger partial charge in [-0.25, -0.2) is 17.8 Å². The second-order valence-electron chi connectivity index (χ2n) is 6.48. The van der Waals surface area contributed by atoms with Crippen LogP contribution in [0.25, 0.3) is 11.3 Å². The molecule has 4 rings (SSSR count). The summed E-state index contributed by atoms with van der Waals surface area (Å²) < 4.78 is 46.7. The summed E-state index contributed by atoms with van der Waals surface area (Å²) in [5, 5.41) is 8.39. The molecule has 0 atom stereocenters. The van der Waals surface area contributed by atoms with Crippen molar-refractivity contribution in [2.75, 3.05) is 10.0 Å². The Morgan fingerprint density at radius 1 is 1.19 bits per heavy atom. The molecule has 32 heavy (non-hydrogen) atoms. The van der Waals surface area contributed by atoms with E-state index in [-0.39, 0.29) is 37.6 Å². The molecule has 2 aromatic heterocycles. The third kappa shape index (κ3) is 4.35. The van der Waals surface area contributed by atoms with Crippen LogP contribution in [0.15, 0.2) is 63.5 Å². The molecule has 0 bridgehead atoms. The maximum Gasteiger partial charge on any atom is 0.263 e. The Labute approximate surface area is 191 Å². The maximum atomic E-state index is 14.3. The molecule has 164 valence electrons. The van der Waals surface area contributed by atoms with Crippen LogP contribution in [-0.2, 0) is 10.0 Å². The van der Waals surface area contributed by atoms with Crippen LogP contribution in [0.3, 0.4) is 0 Å². The number of hydrogen-bond donors (Lipinski definition) is 2. The lowest BCUT2D eigenvalue weighted by Crippen LogP contribution is -2.15. The van der Waals surface area contributed by atoms with E-state index in [4.69, 9.17) is 16.1 Å². The Hall–Kier alpha value is -3.28. The first-order chi connectivity index (χ1) is 15.3. The lowest BCUT2D eigenvalue weighted by molar-refractivity contribution is 0.102. The summed E-state index contributed by atoms with van der Waals surface area (Å²) in [5.41, 5.74) is 0.245. The molecular formula is C20H14ClFN4O4S2. The Bertz CT molecular complexity index is 1370. The first-order valence-corrected chi connectivity index (χ1v) is 11.7. The SMILES string of the molecule is Cc1onc(-c2c(F)cccc2Cl)c1C(=O)Nc1ccc(S(=O)(=O)Nc2nccs2)cc1. The Balaban J connectivity index is 1.57. The van der Waals surface area contributed by atoms with Gasteiger partial charge in [0.2, 0.25) is 0 Å². The van der Waals surface area contributed by atoms with Gasteiger partial charge in [-0.1, -0.05) is 22.8 Å². The first-order valence-electron chi connectivity index (χ1n) is 9.00. The van der Waals surface area contributed by atoms with Gasteiger partial charge < -0.3 is 9.84 Å². The van der Waals surface area contributed by atoms with Gasteiger partial charge in [-0.3, -0.25) is 9.52 Å². The zero-order chi connectivity index (χ0) is 22.9. The molecule has 2 heterocycles. The summed E-state index contributed by atoms with van der Waals surface area (Å²) >= 11 is 7.25. The van der Waals surface area contributed by atoms with E-state index in [9.17, 15) is 17.6 Å². The molecule has 0 saturated heterocycles. The highest BCUT2D eigenvalue weighted by molar-refractivity contribution is 7.93. The van der Waals surface area contributed by atoms with Gasteiger partial charge >= 0.3 is 0 Å². The summed E-state index contributed by atoms with van der Waals surface area (Å²) in [4.78, 5) is 16.8. The second kappa shape index (κ2) is 8.69. The number of rotatable bonds is 6. The third-order valence-electron chi connectivity index (χ3n) is 4.37. The molecule has 2 aromatic carbocycles. The van der Waals surface area contributed by atoms with E-state index in [1.165, 1.54) is 55.6 Å². The van der Waals surface area contributed by atoms with E-state index in [1.54, 1.807) is 5.38 Å². The maximum absolute atomic E-state index is 14.3. The van der Waals surface area contributed by atoms with Crippen LogP contribution < -0.4 is 10.0 Å². The molecule has 1 amide bonds. The fraction of sp³-hybridized carbons (Fsp3) is 0.0500. The number of nitrogens with zero attached hydrogens (tertiary/aromatic N) is 2. The van der Waals surface area contributed by atoms with Gasteiger partial charge in [0.25, 0.3) is 15.9 Å². The number of carbonyl (C=O) groups is 1. The Morgan fingerprint density at radius 2 is 1.94 bits per heavy atom. The van der Waals surface area contributed by atoms with Gasteiger partial charge in [-0.05, 0) is 43.3 Å². The molecule has 0 spiro atoms. The average molecular weight is 493 g/mol. The van der Waals surface area contributed by atoms with E-state index in [0.29, 0.717) is 5.69 Å². The predicted molar refractivity (Wildman–Crippen MR) is 119 cm³/mol. The zero-order valence-electron chi connectivity index (χ0n) is 16.3. The number of aromatic nitrogens is 2. The van der Waals surface area contributed by atoms with Crippen molar-refractivity contribution in [3.63, 3.8) is 0 Å². The predicted octanol–water partition coefficient (Wildman–Crippen LogP) is 4.95. The Morgan fingerprint density at radius 3 is 2.59 bits per heavy atom. The molecule has 0 aliphatic carbocycles. The number of sulfonamides is 1. The molecule has 2 N–H and O–H groups in total. The van der Waals surface area contributed by atoms with Crippen molar-refractivity contribution >= 4 is 49.7 Å². The van der Waals surface area contributed by atoms with Gasteiger partial charge in [0.05, 0.1) is 15.5 Å². The first kappa shape index (κ1) is 21.9. The number of carbonyl (C=O) groups excluding carboxylic acids is 1. The molecule has 0 saturated carbocycles. The van der Waals surface area contributed by atoms with Crippen LogP contribution in [0.2, 0.25) is 5.02 Å². The summed E-state index contributed by atoms with van der Waals surface area (Å²) in [6, 6.07) is 9.63. The van der Waals surface area contributed by atoms with Crippen molar-refractivity contribution in [1.29, 1.82) is 0 Å². The highest BCUT2D eigenvalue weighted by atomic mass is 35.5. The number of halogens is 2. The molecule has 0 unspecified atom stereocenters. The topological polar surface area (TPSA) is 114 Å². The van der Waals surface area contributed by atoms with Gasteiger partial charge in [-0.15, -0.1) is 11.3 Å². The largest absolute Gasteiger partial charge is 0.360 e. The van der Waals surface area contributed by atoms with E-state index in [1.807, 2.05) is 0 Å². The number of benzene rings is 2. The second-order valence-corrected chi connectivity index (χ2v) is 9.46. The monoisotopic (exact) mass is 492 g/mol. The number of anilines is 2. The average Bonchev–Trinajstić information content (AvgIpc) is 3.37. The summed E-state index contributed by atoms with van der Waals surface area (Å²) in [5.74, 6) is -1.10. The molecular weight excluding hydrogens is 479 g/mol. The number of nitrogens with one attached hydrogen (secondary N) is 2. The van der Waals surface area contributed by atoms with E-state index in [0.717, 1.165) is 11.3 Å². The normalized spacial score (nSPS) is 11.3. The summed E-state index contributed by atoms with van der Waals surface area (Å²) in [6.45, 7) is 1.51. The highest BCUT2D eigenvalue weighted by Gasteiger charge is 2.25. The minimum Gasteiger partial charge on any atom is -0.360 e. The third-order valence-corrected chi connectivity index (χ3v) is 6.85. The smallest absolute Gasteiger partial charge is 0.263 e. The van der Waals surface area contributed by atoms with Crippen LogP contribution in [0.4, 0.5) is 15.2 Å². The quantitative estimate of drug-likeness (QED) is 0.393. The standard InChI is InChI=1S/C20H14ClFN4O4S2/c1-11-16(18(25-30-11)17-14(21)3-2-4-15(17)22)19(27)24-12-5-7-13(8-6-12)32(28,29)26-20-23-9-10-31-20/h2-10H,1H3,(H,23,26)(H,24,27). The highest BCUT2D eigenvalue weighted by Crippen LogP contribution is 2.33. The molecule has 12 heteroatoms. The van der Waals surface area contributed by atoms with Crippen LogP contribution in [0.1, 0.15) is 16.1 Å². The molecule has 8 nitrogen and oxygen atoms in total. The molecule has 0 aliphatic rings. The van der Waals surface area contributed by atoms with Gasteiger partial charge in [0, 0.05) is 17.3 Å². The van der Waals surface area contributed by atoms with Crippen molar-refractivity contribution in [1.82, 2.24) is 10.1 Å². The van der Waals surface area contributed by atoms with Crippen molar-refractivity contribution < 1.29 is 22.1 Å². The minimum atomic E-state index is -3.83. The summed E-state index contributed by atoms with van der Waals surface area (Å²) in [7, 11) is -3.83. The summed E-state index contributed by atoms with van der Waals surface area (Å²) in [6.07, 6.45) is 1.48. The van der Waals surface area contributed by atoms with Crippen LogP contribution in [-0.4, -0.2) is 24.5 Å². The van der Waals surface area contributed by atoms with Crippen molar-refractivity contribution in [2.45, 2.75) is 11.8 Å². The Kier molecular flexibility index (Phi) is 5.96. The van der Waals surface area contributed by atoms with E-state index < -0.39 is 21.7 Å². The number of aryl methyl sites for hydroxylation is 1. The fourth-order valence-corrected chi connectivity index (χ4v) is 4.93. The lowest BCUT2D eigenvalue weighted by Gasteiger charge is -2.09. The minimum absolute atomic E-state index is 0.00863. The van der Waals surface area contributed by atoms with Crippen LogP contribution in [0.5, 0.6) is 0 Å². The van der Waals surface area contributed by atoms with Gasteiger partial charge in [-0.2, -0.15) is 0 Å². The lowest BCUT2D eigenvalue weighted by atomic mass is 10.0. The van der Waals surface area contributed by atoms with Gasteiger partial charge in [0.1, 0.15) is 22.8 Å². The molecule has 4 aromatic rings. The van der Waals surface area contributed by atoms with Crippen molar-refractivity contribution in [2.24, 2.45) is 0 Å². The van der Waals surface area contributed by atoms with Crippen LogP contribution >= 0.6 is 22.9 Å². The van der Waals surface area contributed by atoms with Crippen LogP contribution in [0, 0.1) is 12.7 Å². The number of thiazole rings is 1. The number of amides is 1.